The first-order valence-corrected chi connectivity index (χ1v) is 12.0. The van der Waals surface area contributed by atoms with Crippen molar-refractivity contribution in [1.29, 1.82) is 0 Å². The van der Waals surface area contributed by atoms with Crippen molar-refractivity contribution in [3.63, 3.8) is 0 Å². The second-order valence-electron chi connectivity index (χ2n) is 8.44. The van der Waals surface area contributed by atoms with Crippen LogP contribution in [-0.4, -0.2) is 31.2 Å². The molecule has 0 saturated carbocycles. The Morgan fingerprint density at radius 2 is 1.59 bits per heavy atom. The third-order valence-electron chi connectivity index (χ3n) is 5.45. The minimum Gasteiger partial charge on any atom is -0.490 e. The minimum absolute atomic E-state index is 0.170. The number of carbonyl (C=O) groups excluding carboxylic acids is 1. The summed E-state index contributed by atoms with van der Waals surface area (Å²) in [5.41, 5.74) is 1.70. The van der Waals surface area contributed by atoms with E-state index in [1.165, 1.54) is 6.92 Å². The number of alkyl halides is 1. The van der Waals surface area contributed by atoms with Crippen molar-refractivity contribution in [3.8, 4) is 11.5 Å². The van der Waals surface area contributed by atoms with Crippen molar-refractivity contribution < 1.29 is 19.0 Å². The first-order valence-electron chi connectivity index (χ1n) is 10.7. The van der Waals surface area contributed by atoms with E-state index >= 15 is 0 Å². The number of esters is 1. The summed E-state index contributed by atoms with van der Waals surface area (Å²) in [6.07, 6.45) is 0.534. The molecule has 0 amide bonds. The van der Waals surface area contributed by atoms with E-state index in [1.54, 1.807) is 0 Å². The van der Waals surface area contributed by atoms with E-state index < -0.39 is 6.10 Å². The summed E-state index contributed by atoms with van der Waals surface area (Å²) < 4.78 is 16.7. The third kappa shape index (κ3) is 7.19. The number of hydrogen-bond acceptors (Lipinski definition) is 4. The zero-order chi connectivity index (χ0) is 23.9. The molecule has 0 fully saturated rings. The molecule has 4 nitrogen and oxygen atoms in total. The second-order valence-corrected chi connectivity index (χ2v) is 9.56. The van der Waals surface area contributed by atoms with Gasteiger partial charge in [-0.25, -0.2) is 0 Å². The Morgan fingerprint density at radius 3 is 2.09 bits per heavy atom. The zero-order valence-corrected chi connectivity index (χ0v) is 21.5. The fourth-order valence-corrected chi connectivity index (χ4v) is 3.82. The molecule has 0 unspecified atom stereocenters. The fourth-order valence-electron chi connectivity index (χ4n) is 3.07. The average molecular weight is 502 g/mol. The lowest BCUT2D eigenvalue weighted by molar-refractivity contribution is -0.146. The van der Waals surface area contributed by atoms with Gasteiger partial charge in [0, 0.05) is 12.3 Å². The Labute approximate surface area is 206 Å². The van der Waals surface area contributed by atoms with Crippen molar-refractivity contribution in [2.45, 2.75) is 52.6 Å². The molecule has 176 valence electrons. The van der Waals surface area contributed by atoms with Crippen LogP contribution >= 0.6 is 34.8 Å². The lowest BCUT2D eigenvalue weighted by Gasteiger charge is -2.27. The minimum atomic E-state index is -0.490. The first-order chi connectivity index (χ1) is 15.1. The van der Waals surface area contributed by atoms with Gasteiger partial charge in [-0.3, -0.25) is 4.79 Å². The predicted molar refractivity (Wildman–Crippen MR) is 132 cm³/mol. The largest absolute Gasteiger partial charge is 0.490 e. The van der Waals surface area contributed by atoms with Gasteiger partial charge in [0.05, 0.1) is 22.5 Å². The second kappa shape index (κ2) is 12.0. The van der Waals surface area contributed by atoms with E-state index in [1.807, 2.05) is 36.4 Å². The van der Waals surface area contributed by atoms with E-state index in [0.717, 1.165) is 17.5 Å². The molecule has 2 rings (SSSR count). The van der Waals surface area contributed by atoms with Crippen LogP contribution < -0.4 is 9.47 Å². The van der Waals surface area contributed by atoms with Crippen LogP contribution in [0, 0.1) is 5.92 Å². The van der Waals surface area contributed by atoms with E-state index in [-0.39, 0.29) is 23.9 Å². The Bertz CT molecular complexity index is 874. The molecule has 0 spiro atoms. The van der Waals surface area contributed by atoms with Gasteiger partial charge in [0.1, 0.15) is 18.5 Å². The molecule has 0 aromatic heterocycles. The SMILES string of the molecule is CC[C@@H](C)COc1c(Cl)cc(C(C)(C)c2ccc(OC[C@H](CCl)OC(C)=O)cc2)cc1Cl. The molecule has 0 aliphatic rings. The standard InChI is InChI=1S/C25H31Cl3O4/c1-6-16(2)14-31-24-22(27)11-19(12-23(24)28)25(4,5)18-7-9-20(10-8-18)30-15-21(13-26)32-17(3)29/h7-12,16,21H,6,13-15H2,1-5H3/t16-,21+/m1/s1. The van der Waals surface area contributed by atoms with Gasteiger partial charge < -0.3 is 14.2 Å². The van der Waals surface area contributed by atoms with Crippen LogP contribution in [0.5, 0.6) is 11.5 Å². The van der Waals surface area contributed by atoms with Crippen molar-refractivity contribution >= 4 is 40.8 Å². The van der Waals surface area contributed by atoms with E-state index in [0.29, 0.717) is 34.1 Å². The third-order valence-corrected chi connectivity index (χ3v) is 6.35. The summed E-state index contributed by atoms with van der Waals surface area (Å²) in [5, 5.41) is 1.00. The number of rotatable bonds is 11. The van der Waals surface area contributed by atoms with Gasteiger partial charge in [-0.05, 0) is 41.3 Å². The summed E-state index contributed by atoms with van der Waals surface area (Å²) in [6.45, 7) is 10.6. The fraction of sp³-hybridized carbons (Fsp3) is 0.480. The molecule has 2 aromatic carbocycles. The Hall–Kier alpha value is -1.62. The monoisotopic (exact) mass is 500 g/mol. The van der Waals surface area contributed by atoms with Crippen LogP contribution in [0.15, 0.2) is 36.4 Å². The molecule has 7 heteroatoms. The molecule has 2 aromatic rings. The van der Waals surface area contributed by atoms with Crippen LogP contribution in [0.25, 0.3) is 0 Å². The molecular formula is C25H31Cl3O4. The Balaban J connectivity index is 2.14. The number of benzene rings is 2. The molecule has 0 heterocycles. The topological polar surface area (TPSA) is 44.8 Å². The van der Waals surface area contributed by atoms with Gasteiger partial charge in [-0.15, -0.1) is 11.6 Å². The molecule has 0 aliphatic carbocycles. The van der Waals surface area contributed by atoms with Crippen LogP contribution in [0.2, 0.25) is 10.0 Å². The van der Waals surface area contributed by atoms with Crippen molar-refractivity contribution in [1.82, 2.24) is 0 Å². The lowest BCUT2D eigenvalue weighted by atomic mass is 9.78. The summed E-state index contributed by atoms with van der Waals surface area (Å²) >= 11 is 18.9. The Morgan fingerprint density at radius 1 is 1.00 bits per heavy atom. The van der Waals surface area contributed by atoms with Crippen LogP contribution in [0.1, 0.15) is 52.2 Å². The van der Waals surface area contributed by atoms with Gasteiger partial charge in [0.25, 0.3) is 0 Å². The van der Waals surface area contributed by atoms with Gasteiger partial charge in [-0.2, -0.15) is 0 Å². The summed E-state index contributed by atoms with van der Waals surface area (Å²) in [4.78, 5) is 11.1. The molecule has 0 bridgehead atoms. The van der Waals surface area contributed by atoms with Gasteiger partial charge in [0.2, 0.25) is 0 Å². The average Bonchev–Trinajstić information content (AvgIpc) is 2.75. The maximum absolute atomic E-state index is 11.1. The maximum atomic E-state index is 11.1. The molecule has 2 atom stereocenters. The molecular weight excluding hydrogens is 471 g/mol. The number of ether oxygens (including phenoxy) is 3. The van der Waals surface area contributed by atoms with Crippen molar-refractivity contribution in [2.24, 2.45) is 5.92 Å². The van der Waals surface area contributed by atoms with Crippen LogP contribution in [0.3, 0.4) is 0 Å². The van der Waals surface area contributed by atoms with Crippen molar-refractivity contribution in [3.05, 3.63) is 57.6 Å². The molecule has 0 N–H and O–H groups in total. The number of halogens is 3. The first kappa shape index (κ1) is 26.6. The highest BCUT2D eigenvalue weighted by Crippen LogP contribution is 2.41. The molecule has 0 radical (unpaired) electrons. The molecule has 0 saturated heterocycles. The summed E-state index contributed by atoms with van der Waals surface area (Å²) in [5.74, 6) is 1.40. The highest BCUT2D eigenvalue weighted by molar-refractivity contribution is 6.37. The van der Waals surface area contributed by atoms with Crippen molar-refractivity contribution in [2.75, 3.05) is 19.1 Å². The van der Waals surface area contributed by atoms with E-state index in [2.05, 4.69) is 27.7 Å². The van der Waals surface area contributed by atoms with Gasteiger partial charge in [-0.1, -0.05) is 69.5 Å². The summed E-state index contributed by atoms with van der Waals surface area (Å²) in [7, 11) is 0. The zero-order valence-electron chi connectivity index (χ0n) is 19.2. The van der Waals surface area contributed by atoms with Gasteiger partial charge in [0.15, 0.2) is 5.75 Å². The van der Waals surface area contributed by atoms with Crippen LogP contribution in [0.4, 0.5) is 0 Å². The predicted octanol–water partition coefficient (Wildman–Crippen LogP) is 7.29. The quantitative estimate of drug-likeness (QED) is 0.239. The lowest BCUT2D eigenvalue weighted by Crippen LogP contribution is -2.25. The number of hydrogen-bond donors (Lipinski definition) is 0. The van der Waals surface area contributed by atoms with Gasteiger partial charge >= 0.3 is 5.97 Å². The highest BCUT2D eigenvalue weighted by Gasteiger charge is 2.26. The highest BCUT2D eigenvalue weighted by atomic mass is 35.5. The maximum Gasteiger partial charge on any atom is 0.303 e. The van der Waals surface area contributed by atoms with Crippen LogP contribution in [-0.2, 0) is 14.9 Å². The smallest absolute Gasteiger partial charge is 0.303 e. The molecule has 32 heavy (non-hydrogen) atoms. The molecule has 0 aliphatic heterocycles. The van der Waals surface area contributed by atoms with E-state index in [4.69, 9.17) is 49.0 Å². The normalized spacial score (nSPS) is 13.4. The summed E-state index contributed by atoms with van der Waals surface area (Å²) in [6, 6.07) is 11.6. The van der Waals surface area contributed by atoms with E-state index in [9.17, 15) is 4.79 Å². The number of carbonyl (C=O) groups is 1. The Kier molecular flexibility index (Phi) is 10.00.